The summed E-state index contributed by atoms with van der Waals surface area (Å²) >= 11 is 11.2. The molecule has 0 amide bonds. The Bertz CT molecular complexity index is 741. The number of benzene rings is 2. The lowest BCUT2D eigenvalue weighted by atomic mass is 10.0. The first-order chi connectivity index (χ1) is 10.2. The van der Waals surface area contributed by atoms with Gasteiger partial charge in [-0.15, -0.1) is 11.3 Å². The maximum absolute atomic E-state index is 5.99. The van der Waals surface area contributed by atoms with Gasteiger partial charge in [-0.2, -0.15) is 0 Å². The van der Waals surface area contributed by atoms with Crippen LogP contribution in [-0.2, 0) is 6.42 Å². The second kappa shape index (κ2) is 6.42. The van der Waals surface area contributed by atoms with E-state index in [9.17, 15) is 0 Å². The molecule has 6 heteroatoms. The van der Waals surface area contributed by atoms with Crippen molar-refractivity contribution in [1.82, 2.24) is 10.4 Å². The van der Waals surface area contributed by atoms with E-state index in [4.69, 9.17) is 17.4 Å². The first-order valence-corrected chi connectivity index (χ1v) is 8.41. The zero-order valence-corrected chi connectivity index (χ0v) is 14.2. The van der Waals surface area contributed by atoms with Crippen molar-refractivity contribution < 1.29 is 0 Å². The third kappa shape index (κ3) is 3.27. The van der Waals surface area contributed by atoms with Gasteiger partial charge in [0.05, 0.1) is 21.3 Å². The molecule has 0 radical (unpaired) electrons. The summed E-state index contributed by atoms with van der Waals surface area (Å²) in [6.45, 7) is 0. The number of hydrogen-bond donors (Lipinski definition) is 2. The molecule has 3 rings (SSSR count). The number of rotatable bonds is 4. The van der Waals surface area contributed by atoms with Gasteiger partial charge >= 0.3 is 0 Å². The van der Waals surface area contributed by atoms with E-state index < -0.39 is 0 Å². The first kappa shape index (κ1) is 14.9. The Morgan fingerprint density at radius 1 is 1.29 bits per heavy atom. The number of thiazole rings is 1. The molecule has 0 aliphatic heterocycles. The van der Waals surface area contributed by atoms with Crippen molar-refractivity contribution in [3.8, 4) is 0 Å². The molecule has 1 atom stereocenters. The fourth-order valence-corrected chi connectivity index (χ4v) is 4.20. The highest BCUT2D eigenvalue weighted by molar-refractivity contribution is 9.10. The van der Waals surface area contributed by atoms with Gasteiger partial charge in [-0.1, -0.05) is 45.7 Å². The number of nitrogens with zero attached hydrogens (tertiary/aromatic N) is 1. The standard InChI is InChI=1S/C15H13BrClN3S/c16-11-7-9(17)5-6-10(11)13(20-18)8-15-19-12-3-1-2-4-14(12)21-15/h1-7,13,20H,8,18H2. The Morgan fingerprint density at radius 2 is 2.10 bits per heavy atom. The minimum atomic E-state index is -0.0165. The average Bonchev–Trinajstić information content (AvgIpc) is 2.87. The minimum Gasteiger partial charge on any atom is -0.271 e. The van der Waals surface area contributed by atoms with E-state index in [0.717, 1.165) is 27.0 Å². The molecule has 21 heavy (non-hydrogen) atoms. The van der Waals surface area contributed by atoms with Crippen LogP contribution in [0.5, 0.6) is 0 Å². The molecular weight excluding hydrogens is 370 g/mol. The summed E-state index contributed by atoms with van der Waals surface area (Å²) in [5, 5.41) is 1.75. The molecule has 0 saturated carbocycles. The molecule has 2 aromatic carbocycles. The first-order valence-electron chi connectivity index (χ1n) is 6.43. The van der Waals surface area contributed by atoms with E-state index in [2.05, 4.69) is 32.4 Å². The predicted molar refractivity (Wildman–Crippen MR) is 92.5 cm³/mol. The number of halogens is 2. The van der Waals surface area contributed by atoms with Crippen molar-refractivity contribution in [2.45, 2.75) is 12.5 Å². The summed E-state index contributed by atoms with van der Waals surface area (Å²) in [7, 11) is 0. The van der Waals surface area contributed by atoms with Gasteiger partial charge in [0.15, 0.2) is 0 Å². The Balaban J connectivity index is 1.90. The number of fused-ring (bicyclic) bond motifs is 1. The molecule has 108 valence electrons. The van der Waals surface area contributed by atoms with E-state index >= 15 is 0 Å². The number of para-hydroxylation sites is 1. The van der Waals surface area contributed by atoms with Gasteiger partial charge in [-0.3, -0.25) is 11.3 Å². The van der Waals surface area contributed by atoms with Crippen molar-refractivity contribution in [2.24, 2.45) is 5.84 Å². The monoisotopic (exact) mass is 381 g/mol. The van der Waals surface area contributed by atoms with Crippen molar-refractivity contribution in [2.75, 3.05) is 0 Å². The largest absolute Gasteiger partial charge is 0.271 e. The molecule has 1 unspecified atom stereocenters. The zero-order chi connectivity index (χ0) is 14.8. The fourth-order valence-electron chi connectivity index (χ4n) is 2.22. The molecule has 0 saturated heterocycles. The molecule has 1 aromatic heterocycles. The topological polar surface area (TPSA) is 50.9 Å². The molecule has 0 fully saturated rings. The molecule has 0 spiro atoms. The van der Waals surface area contributed by atoms with Crippen LogP contribution in [0.1, 0.15) is 16.6 Å². The smallest absolute Gasteiger partial charge is 0.0958 e. The molecule has 1 heterocycles. The van der Waals surface area contributed by atoms with Crippen molar-refractivity contribution >= 4 is 49.1 Å². The lowest BCUT2D eigenvalue weighted by Crippen LogP contribution is -2.29. The second-order valence-corrected chi connectivity index (χ2v) is 7.07. The van der Waals surface area contributed by atoms with E-state index in [-0.39, 0.29) is 6.04 Å². The Kier molecular flexibility index (Phi) is 4.57. The third-order valence-electron chi connectivity index (χ3n) is 3.26. The number of nitrogens with one attached hydrogen (secondary N) is 1. The molecule has 0 aliphatic carbocycles. The van der Waals surface area contributed by atoms with Crippen LogP contribution in [0.25, 0.3) is 10.2 Å². The van der Waals surface area contributed by atoms with Crippen molar-refractivity contribution in [3.05, 3.63) is 62.5 Å². The SMILES string of the molecule is NNC(Cc1nc2ccccc2s1)c1ccc(Cl)cc1Br. The average molecular weight is 383 g/mol. The van der Waals surface area contributed by atoms with Crippen molar-refractivity contribution in [1.29, 1.82) is 0 Å². The number of hydrogen-bond acceptors (Lipinski definition) is 4. The minimum absolute atomic E-state index is 0.0165. The highest BCUT2D eigenvalue weighted by Gasteiger charge is 2.16. The van der Waals surface area contributed by atoms with Gasteiger partial charge in [0.25, 0.3) is 0 Å². The van der Waals surface area contributed by atoms with Gasteiger partial charge in [0, 0.05) is 15.9 Å². The molecule has 3 N–H and O–H groups in total. The van der Waals surface area contributed by atoms with Gasteiger partial charge in [0.2, 0.25) is 0 Å². The maximum atomic E-state index is 5.99. The molecular formula is C15H13BrClN3S. The molecule has 3 nitrogen and oxygen atoms in total. The summed E-state index contributed by atoms with van der Waals surface area (Å²) in [4.78, 5) is 4.65. The second-order valence-electron chi connectivity index (χ2n) is 4.66. The Morgan fingerprint density at radius 3 is 2.81 bits per heavy atom. The highest BCUT2D eigenvalue weighted by Crippen LogP contribution is 2.30. The van der Waals surface area contributed by atoms with Crippen LogP contribution < -0.4 is 11.3 Å². The quantitative estimate of drug-likeness (QED) is 0.517. The van der Waals surface area contributed by atoms with E-state index in [1.54, 1.807) is 11.3 Å². The van der Waals surface area contributed by atoms with Gasteiger partial charge in [-0.25, -0.2) is 4.98 Å². The number of hydrazine groups is 1. The summed E-state index contributed by atoms with van der Waals surface area (Å²) in [5.74, 6) is 5.73. The van der Waals surface area contributed by atoms with Crippen LogP contribution >= 0.6 is 38.9 Å². The van der Waals surface area contributed by atoms with Crippen LogP contribution in [0.2, 0.25) is 5.02 Å². The zero-order valence-electron chi connectivity index (χ0n) is 11.0. The molecule has 3 aromatic rings. The number of aromatic nitrogens is 1. The van der Waals surface area contributed by atoms with E-state index in [0.29, 0.717) is 5.02 Å². The maximum Gasteiger partial charge on any atom is 0.0958 e. The van der Waals surface area contributed by atoms with Crippen molar-refractivity contribution in [3.63, 3.8) is 0 Å². The predicted octanol–water partition coefficient (Wildman–Crippen LogP) is 4.46. The summed E-state index contributed by atoms with van der Waals surface area (Å²) in [6, 6.07) is 13.8. The molecule has 0 bridgehead atoms. The lowest BCUT2D eigenvalue weighted by molar-refractivity contribution is 0.549. The van der Waals surface area contributed by atoms with E-state index in [1.165, 1.54) is 4.70 Å². The Labute approximate surface area is 140 Å². The van der Waals surface area contributed by atoms with Crippen LogP contribution in [0.15, 0.2) is 46.9 Å². The van der Waals surface area contributed by atoms with Crippen LogP contribution in [0, 0.1) is 0 Å². The lowest BCUT2D eigenvalue weighted by Gasteiger charge is -2.16. The third-order valence-corrected chi connectivity index (χ3v) is 5.24. The van der Waals surface area contributed by atoms with Gasteiger partial charge < -0.3 is 0 Å². The van der Waals surface area contributed by atoms with Crippen LogP contribution in [0.3, 0.4) is 0 Å². The normalized spacial score (nSPS) is 12.7. The van der Waals surface area contributed by atoms with Crippen LogP contribution in [0.4, 0.5) is 0 Å². The fraction of sp³-hybridized carbons (Fsp3) is 0.133. The summed E-state index contributed by atoms with van der Waals surface area (Å²) in [5.41, 5.74) is 4.97. The van der Waals surface area contributed by atoms with Gasteiger partial charge in [-0.05, 0) is 29.8 Å². The van der Waals surface area contributed by atoms with E-state index in [1.807, 2.05) is 36.4 Å². The summed E-state index contributed by atoms with van der Waals surface area (Å²) < 4.78 is 2.14. The number of nitrogens with two attached hydrogens (primary N) is 1. The Hall–Kier alpha value is -0.980. The summed E-state index contributed by atoms with van der Waals surface area (Å²) in [6.07, 6.45) is 0.732. The molecule has 0 aliphatic rings. The van der Waals surface area contributed by atoms with Crippen LogP contribution in [-0.4, -0.2) is 4.98 Å². The van der Waals surface area contributed by atoms with Gasteiger partial charge in [0.1, 0.15) is 0 Å². The highest BCUT2D eigenvalue weighted by atomic mass is 79.9.